The highest BCUT2D eigenvalue weighted by atomic mass is 19.1. The number of benzene rings is 1. The van der Waals surface area contributed by atoms with E-state index in [1.165, 1.54) is 12.1 Å². The standard InChI is InChI=1S/C26H24FN9/c1-36(2)4-3-29-19-6-15(5-18(27)8-19)22-13-28-14-24-20(22)9-23(33-24)25-21-7-16(17-11-31-32-12-17)10-30-26(21)35-34-25/h5-14,29,33H,3-4H2,1-2H3,(H,31,32)(H,30,34,35). The molecule has 6 rings (SSSR count). The number of pyridine rings is 2. The van der Waals surface area contributed by atoms with Crippen molar-refractivity contribution in [2.45, 2.75) is 0 Å². The van der Waals surface area contributed by atoms with Crippen LogP contribution in [0.5, 0.6) is 0 Å². The van der Waals surface area contributed by atoms with Crippen LogP contribution in [0.1, 0.15) is 0 Å². The smallest absolute Gasteiger partial charge is 0.155 e. The van der Waals surface area contributed by atoms with Gasteiger partial charge in [0.25, 0.3) is 0 Å². The van der Waals surface area contributed by atoms with Crippen molar-refractivity contribution in [3.8, 4) is 33.6 Å². The third-order valence-electron chi connectivity index (χ3n) is 6.15. The number of halogens is 1. The number of likely N-dealkylation sites (N-methyl/N-ethyl adjacent to an activating group) is 1. The number of nitrogens with one attached hydrogen (secondary N) is 4. The zero-order valence-electron chi connectivity index (χ0n) is 19.8. The maximum Gasteiger partial charge on any atom is 0.155 e. The van der Waals surface area contributed by atoms with E-state index in [9.17, 15) is 4.39 Å². The van der Waals surface area contributed by atoms with E-state index in [-0.39, 0.29) is 5.82 Å². The number of nitrogens with zero attached hydrogens (tertiary/aromatic N) is 5. The Balaban J connectivity index is 1.41. The summed E-state index contributed by atoms with van der Waals surface area (Å²) in [4.78, 5) is 14.4. The van der Waals surface area contributed by atoms with E-state index in [1.54, 1.807) is 24.8 Å². The normalized spacial score (nSPS) is 11.7. The Kier molecular flexibility index (Phi) is 5.42. The maximum absolute atomic E-state index is 14.6. The van der Waals surface area contributed by atoms with E-state index in [0.717, 1.165) is 62.2 Å². The number of aromatic nitrogens is 7. The fourth-order valence-electron chi connectivity index (χ4n) is 4.36. The van der Waals surface area contributed by atoms with Crippen molar-refractivity contribution in [1.29, 1.82) is 0 Å². The topological polar surface area (TPSA) is 114 Å². The first kappa shape index (κ1) is 21.9. The molecule has 180 valence electrons. The van der Waals surface area contributed by atoms with Gasteiger partial charge in [-0.15, -0.1) is 0 Å². The van der Waals surface area contributed by atoms with Gasteiger partial charge in [0, 0.05) is 64.8 Å². The van der Waals surface area contributed by atoms with Crippen LogP contribution in [0.4, 0.5) is 10.1 Å². The lowest BCUT2D eigenvalue weighted by atomic mass is 10.0. The highest BCUT2D eigenvalue weighted by molar-refractivity contribution is 6.00. The van der Waals surface area contributed by atoms with E-state index in [0.29, 0.717) is 12.2 Å². The first-order valence-electron chi connectivity index (χ1n) is 11.5. The molecule has 10 heteroatoms. The van der Waals surface area contributed by atoms with Gasteiger partial charge in [0.15, 0.2) is 5.65 Å². The van der Waals surface area contributed by atoms with Crippen molar-refractivity contribution < 1.29 is 4.39 Å². The molecule has 0 unspecified atom stereocenters. The zero-order chi connectivity index (χ0) is 24.6. The molecule has 0 fully saturated rings. The Labute approximate surface area is 205 Å². The molecule has 1 aromatic carbocycles. The Morgan fingerprint density at radius 1 is 0.944 bits per heavy atom. The summed E-state index contributed by atoms with van der Waals surface area (Å²) in [5.41, 5.74) is 7.29. The third kappa shape index (κ3) is 4.07. The lowest BCUT2D eigenvalue weighted by Gasteiger charge is -2.13. The lowest BCUT2D eigenvalue weighted by molar-refractivity contribution is 0.425. The molecule has 36 heavy (non-hydrogen) atoms. The van der Waals surface area contributed by atoms with E-state index in [2.05, 4.69) is 45.6 Å². The molecule has 0 atom stereocenters. The molecule has 5 aromatic heterocycles. The molecule has 0 aliphatic heterocycles. The molecule has 0 radical (unpaired) electrons. The molecule has 0 aliphatic carbocycles. The average Bonchev–Trinajstić information content (AvgIpc) is 3.62. The van der Waals surface area contributed by atoms with Crippen LogP contribution in [0, 0.1) is 5.82 Å². The minimum absolute atomic E-state index is 0.302. The van der Waals surface area contributed by atoms with Crippen LogP contribution in [0.25, 0.3) is 55.6 Å². The summed E-state index contributed by atoms with van der Waals surface area (Å²) < 4.78 is 14.6. The number of anilines is 1. The lowest BCUT2D eigenvalue weighted by Crippen LogP contribution is -2.20. The van der Waals surface area contributed by atoms with Crippen LogP contribution in [0.2, 0.25) is 0 Å². The summed E-state index contributed by atoms with van der Waals surface area (Å²) in [6.45, 7) is 1.56. The summed E-state index contributed by atoms with van der Waals surface area (Å²) in [5.74, 6) is -0.302. The van der Waals surface area contributed by atoms with Gasteiger partial charge >= 0.3 is 0 Å². The first-order valence-corrected chi connectivity index (χ1v) is 11.5. The van der Waals surface area contributed by atoms with Gasteiger partial charge in [0.1, 0.15) is 11.5 Å². The predicted molar refractivity (Wildman–Crippen MR) is 139 cm³/mol. The molecule has 5 heterocycles. The Morgan fingerprint density at radius 3 is 2.69 bits per heavy atom. The first-order chi connectivity index (χ1) is 17.5. The van der Waals surface area contributed by atoms with Gasteiger partial charge in [-0.05, 0) is 50.0 Å². The SMILES string of the molecule is CN(C)CCNc1cc(F)cc(-c2cncc3[nH]c(-c4n[nH]c5ncc(-c6cn[nH]c6)cc45)cc23)c1. The van der Waals surface area contributed by atoms with Crippen LogP contribution in [0.15, 0.2) is 61.3 Å². The Hall–Kier alpha value is -4.57. The zero-order valence-corrected chi connectivity index (χ0v) is 19.8. The fraction of sp³-hybridized carbons (Fsp3) is 0.154. The molecule has 0 saturated carbocycles. The number of aromatic amines is 3. The third-order valence-corrected chi connectivity index (χ3v) is 6.15. The molecule has 0 amide bonds. The highest BCUT2D eigenvalue weighted by Gasteiger charge is 2.16. The maximum atomic E-state index is 14.6. The molecule has 0 aliphatic rings. The van der Waals surface area contributed by atoms with Crippen LogP contribution in [-0.4, -0.2) is 67.4 Å². The molecular formula is C26H24FN9. The fourth-order valence-corrected chi connectivity index (χ4v) is 4.36. The van der Waals surface area contributed by atoms with Crippen molar-refractivity contribution in [2.75, 3.05) is 32.5 Å². The highest BCUT2D eigenvalue weighted by Crippen LogP contribution is 2.35. The van der Waals surface area contributed by atoms with E-state index in [1.807, 2.05) is 38.5 Å². The summed E-state index contributed by atoms with van der Waals surface area (Å²) in [6.07, 6.45) is 8.90. The van der Waals surface area contributed by atoms with E-state index in [4.69, 9.17) is 0 Å². The Morgan fingerprint density at radius 2 is 1.86 bits per heavy atom. The van der Waals surface area contributed by atoms with Crippen molar-refractivity contribution in [2.24, 2.45) is 0 Å². The molecule has 0 spiro atoms. The van der Waals surface area contributed by atoms with E-state index < -0.39 is 0 Å². The van der Waals surface area contributed by atoms with E-state index >= 15 is 0 Å². The number of hydrogen-bond donors (Lipinski definition) is 4. The minimum Gasteiger partial charge on any atom is -0.384 e. The quantitative estimate of drug-likeness (QED) is 0.263. The number of H-pyrrole nitrogens is 3. The Bertz CT molecular complexity index is 1660. The monoisotopic (exact) mass is 481 g/mol. The second-order valence-electron chi connectivity index (χ2n) is 8.97. The van der Waals surface area contributed by atoms with Crippen LogP contribution >= 0.6 is 0 Å². The van der Waals surface area contributed by atoms with Gasteiger partial charge < -0.3 is 15.2 Å². The molecule has 4 N–H and O–H groups in total. The average molecular weight is 482 g/mol. The summed E-state index contributed by atoms with van der Waals surface area (Å²) in [6, 6.07) is 9.05. The minimum atomic E-state index is -0.302. The van der Waals surface area contributed by atoms with Gasteiger partial charge in [0.2, 0.25) is 0 Å². The van der Waals surface area contributed by atoms with Gasteiger partial charge in [-0.1, -0.05) is 0 Å². The second-order valence-corrected chi connectivity index (χ2v) is 8.97. The number of fused-ring (bicyclic) bond motifs is 2. The molecule has 6 aromatic rings. The van der Waals surface area contributed by atoms with Crippen molar-refractivity contribution in [1.82, 2.24) is 40.2 Å². The summed E-state index contributed by atoms with van der Waals surface area (Å²) >= 11 is 0. The molecule has 0 saturated heterocycles. The number of hydrogen-bond acceptors (Lipinski definition) is 6. The van der Waals surface area contributed by atoms with Gasteiger partial charge in [-0.3, -0.25) is 15.2 Å². The van der Waals surface area contributed by atoms with Crippen molar-refractivity contribution >= 4 is 27.6 Å². The van der Waals surface area contributed by atoms with Gasteiger partial charge in [-0.25, -0.2) is 9.37 Å². The molecular weight excluding hydrogens is 457 g/mol. The van der Waals surface area contributed by atoms with Gasteiger partial charge in [0.05, 0.1) is 23.6 Å². The summed E-state index contributed by atoms with van der Waals surface area (Å²) in [5, 5.41) is 19.5. The molecule has 9 nitrogen and oxygen atoms in total. The van der Waals surface area contributed by atoms with Crippen LogP contribution < -0.4 is 5.32 Å². The second kappa shape index (κ2) is 8.90. The van der Waals surface area contributed by atoms with Crippen molar-refractivity contribution in [3.63, 3.8) is 0 Å². The largest absolute Gasteiger partial charge is 0.384 e. The summed E-state index contributed by atoms with van der Waals surface area (Å²) in [7, 11) is 4.01. The van der Waals surface area contributed by atoms with Gasteiger partial charge in [-0.2, -0.15) is 10.2 Å². The molecule has 0 bridgehead atoms. The number of rotatable bonds is 7. The van der Waals surface area contributed by atoms with Crippen LogP contribution in [-0.2, 0) is 0 Å². The van der Waals surface area contributed by atoms with Crippen LogP contribution in [0.3, 0.4) is 0 Å². The van der Waals surface area contributed by atoms with Crippen molar-refractivity contribution in [3.05, 3.63) is 67.1 Å². The predicted octanol–water partition coefficient (Wildman–Crippen LogP) is 4.67.